The van der Waals surface area contributed by atoms with Gasteiger partial charge in [-0.1, -0.05) is 13.8 Å². The molecule has 0 aromatic carbocycles. The molecule has 0 saturated carbocycles. The van der Waals surface area contributed by atoms with Crippen molar-refractivity contribution >= 4 is 7.60 Å². The molecule has 0 fully saturated rings. The fourth-order valence-corrected chi connectivity index (χ4v) is 2.75. The molecule has 0 rings (SSSR count). The molecule has 11 heavy (non-hydrogen) atoms. The average Bonchev–Trinajstić information content (AvgIpc) is 2.06. The van der Waals surface area contributed by atoms with Crippen molar-refractivity contribution in [1.29, 1.82) is 0 Å². The summed E-state index contributed by atoms with van der Waals surface area (Å²) in [5.74, 6) is 0. The Labute approximate surface area is 68.6 Å². The molecule has 0 aliphatic carbocycles. The SMILES string of the molecule is CCC(CC)P(=O)(OC)OC. The van der Waals surface area contributed by atoms with E-state index in [4.69, 9.17) is 9.05 Å². The van der Waals surface area contributed by atoms with Crippen LogP contribution in [-0.4, -0.2) is 19.9 Å². The Morgan fingerprint density at radius 1 is 1.18 bits per heavy atom. The summed E-state index contributed by atoms with van der Waals surface area (Å²) in [7, 11) is 0.0750. The molecule has 0 saturated heterocycles. The Morgan fingerprint density at radius 3 is 1.64 bits per heavy atom. The van der Waals surface area contributed by atoms with Crippen molar-refractivity contribution in [2.24, 2.45) is 0 Å². The van der Waals surface area contributed by atoms with Crippen LogP contribution < -0.4 is 0 Å². The minimum Gasteiger partial charge on any atom is -0.312 e. The van der Waals surface area contributed by atoms with Crippen LogP contribution in [-0.2, 0) is 13.6 Å². The van der Waals surface area contributed by atoms with Gasteiger partial charge in [0.05, 0.1) is 5.66 Å². The molecular weight excluding hydrogens is 163 g/mol. The molecule has 0 aromatic rings. The van der Waals surface area contributed by atoms with E-state index in [0.29, 0.717) is 0 Å². The highest BCUT2D eigenvalue weighted by Crippen LogP contribution is 2.53. The van der Waals surface area contributed by atoms with Gasteiger partial charge in [0.2, 0.25) is 0 Å². The predicted octanol–water partition coefficient (Wildman–Crippen LogP) is 2.66. The fraction of sp³-hybridized carbons (Fsp3) is 1.00. The third-order valence-electron chi connectivity index (χ3n) is 1.90. The molecule has 3 nitrogen and oxygen atoms in total. The maximum Gasteiger partial charge on any atom is 0.333 e. The molecule has 0 aliphatic heterocycles. The third-order valence-corrected chi connectivity index (χ3v) is 4.54. The largest absolute Gasteiger partial charge is 0.333 e. The highest BCUT2D eigenvalue weighted by Gasteiger charge is 2.30. The summed E-state index contributed by atoms with van der Waals surface area (Å²) in [6.07, 6.45) is 1.66. The Balaban J connectivity index is 4.32. The van der Waals surface area contributed by atoms with Crippen LogP contribution in [0.2, 0.25) is 0 Å². The van der Waals surface area contributed by atoms with E-state index < -0.39 is 7.60 Å². The van der Waals surface area contributed by atoms with Crippen molar-refractivity contribution in [3.63, 3.8) is 0 Å². The van der Waals surface area contributed by atoms with E-state index in [9.17, 15) is 4.57 Å². The monoisotopic (exact) mass is 180 g/mol. The van der Waals surface area contributed by atoms with Crippen LogP contribution in [0.3, 0.4) is 0 Å². The summed E-state index contributed by atoms with van der Waals surface area (Å²) in [6.45, 7) is 3.97. The first kappa shape index (κ1) is 11.2. The Kier molecular flexibility index (Phi) is 4.98. The van der Waals surface area contributed by atoms with Gasteiger partial charge in [-0.15, -0.1) is 0 Å². The summed E-state index contributed by atoms with van der Waals surface area (Å²) in [4.78, 5) is 0. The van der Waals surface area contributed by atoms with Gasteiger partial charge in [0, 0.05) is 14.2 Å². The van der Waals surface area contributed by atoms with Crippen molar-refractivity contribution < 1.29 is 13.6 Å². The minimum absolute atomic E-state index is 0.0394. The normalized spacial score (nSPS) is 12.5. The van der Waals surface area contributed by atoms with Gasteiger partial charge < -0.3 is 9.05 Å². The van der Waals surface area contributed by atoms with Crippen LogP contribution in [0.1, 0.15) is 26.7 Å². The molecule has 0 spiro atoms. The smallest absolute Gasteiger partial charge is 0.312 e. The Morgan fingerprint density at radius 2 is 1.55 bits per heavy atom. The van der Waals surface area contributed by atoms with E-state index >= 15 is 0 Å². The zero-order chi connectivity index (χ0) is 8.91. The van der Waals surface area contributed by atoms with E-state index in [0.717, 1.165) is 12.8 Å². The van der Waals surface area contributed by atoms with Crippen molar-refractivity contribution in [3.05, 3.63) is 0 Å². The van der Waals surface area contributed by atoms with E-state index in [-0.39, 0.29) is 5.66 Å². The van der Waals surface area contributed by atoms with Gasteiger partial charge in [-0.05, 0) is 12.8 Å². The zero-order valence-corrected chi connectivity index (χ0v) is 8.56. The Hall–Kier alpha value is 0.150. The van der Waals surface area contributed by atoms with Crippen LogP contribution in [0, 0.1) is 0 Å². The van der Waals surface area contributed by atoms with Gasteiger partial charge in [-0.2, -0.15) is 0 Å². The highest BCUT2D eigenvalue weighted by molar-refractivity contribution is 7.54. The number of hydrogen-bond donors (Lipinski definition) is 0. The summed E-state index contributed by atoms with van der Waals surface area (Å²) < 4.78 is 21.4. The summed E-state index contributed by atoms with van der Waals surface area (Å²) in [5.41, 5.74) is 0.0394. The molecule has 0 bridgehead atoms. The maximum absolute atomic E-state index is 11.7. The van der Waals surface area contributed by atoms with E-state index in [1.165, 1.54) is 14.2 Å². The first-order chi connectivity index (χ1) is 5.14. The summed E-state index contributed by atoms with van der Waals surface area (Å²) in [6, 6.07) is 0. The second-order valence-corrected chi connectivity index (χ2v) is 4.92. The first-order valence-corrected chi connectivity index (χ1v) is 5.46. The van der Waals surface area contributed by atoms with Gasteiger partial charge in [-0.25, -0.2) is 0 Å². The van der Waals surface area contributed by atoms with Crippen LogP contribution in [0.4, 0.5) is 0 Å². The maximum atomic E-state index is 11.7. The van der Waals surface area contributed by atoms with Crippen molar-refractivity contribution in [1.82, 2.24) is 0 Å². The molecule has 0 aromatic heterocycles. The van der Waals surface area contributed by atoms with Crippen molar-refractivity contribution in [3.8, 4) is 0 Å². The second kappa shape index (κ2) is 4.91. The lowest BCUT2D eigenvalue weighted by atomic mass is 10.3. The zero-order valence-electron chi connectivity index (χ0n) is 7.66. The van der Waals surface area contributed by atoms with Gasteiger partial charge in [0.1, 0.15) is 0 Å². The molecular formula is C7H17O3P. The third kappa shape index (κ3) is 2.58. The van der Waals surface area contributed by atoms with E-state index in [1.54, 1.807) is 0 Å². The molecule has 4 heteroatoms. The quantitative estimate of drug-likeness (QED) is 0.610. The summed E-state index contributed by atoms with van der Waals surface area (Å²) in [5, 5.41) is 0. The van der Waals surface area contributed by atoms with Crippen molar-refractivity contribution in [2.45, 2.75) is 32.3 Å². The lowest BCUT2D eigenvalue weighted by Crippen LogP contribution is -2.08. The Bertz CT molecular complexity index is 135. The van der Waals surface area contributed by atoms with Crippen LogP contribution in [0.5, 0.6) is 0 Å². The number of hydrogen-bond acceptors (Lipinski definition) is 3. The van der Waals surface area contributed by atoms with Gasteiger partial charge in [-0.3, -0.25) is 4.57 Å². The van der Waals surface area contributed by atoms with Crippen LogP contribution in [0.15, 0.2) is 0 Å². The molecule has 0 heterocycles. The van der Waals surface area contributed by atoms with Crippen LogP contribution in [0.25, 0.3) is 0 Å². The lowest BCUT2D eigenvalue weighted by Gasteiger charge is -2.21. The van der Waals surface area contributed by atoms with Crippen molar-refractivity contribution in [2.75, 3.05) is 14.2 Å². The molecule has 0 radical (unpaired) electrons. The second-order valence-electron chi connectivity index (χ2n) is 2.38. The van der Waals surface area contributed by atoms with E-state index in [1.807, 2.05) is 13.8 Å². The lowest BCUT2D eigenvalue weighted by molar-refractivity contribution is 0.263. The number of rotatable bonds is 5. The summed E-state index contributed by atoms with van der Waals surface area (Å²) >= 11 is 0. The molecule has 68 valence electrons. The van der Waals surface area contributed by atoms with Gasteiger partial charge in [0.15, 0.2) is 0 Å². The van der Waals surface area contributed by atoms with Crippen LogP contribution >= 0.6 is 7.60 Å². The minimum atomic E-state index is -2.79. The molecule has 0 amide bonds. The van der Waals surface area contributed by atoms with E-state index in [2.05, 4.69) is 0 Å². The van der Waals surface area contributed by atoms with Gasteiger partial charge >= 0.3 is 7.60 Å². The fourth-order valence-electron chi connectivity index (χ4n) is 1.11. The molecule has 0 atom stereocenters. The average molecular weight is 180 g/mol. The molecule has 0 unspecified atom stereocenters. The highest BCUT2D eigenvalue weighted by atomic mass is 31.2. The molecule has 0 aliphatic rings. The standard InChI is InChI=1S/C7H17O3P/c1-5-7(6-2)11(8,9-3)10-4/h7H,5-6H2,1-4H3. The molecule has 0 N–H and O–H groups in total. The van der Waals surface area contributed by atoms with Gasteiger partial charge in [0.25, 0.3) is 0 Å². The topological polar surface area (TPSA) is 35.5 Å². The first-order valence-electron chi connectivity index (χ1n) is 3.85. The predicted molar refractivity (Wildman–Crippen MR) is 46.0 cm³/mol.